The molecule has 9 heteroatoms. The van der Waals surface area contributed by atoms with Crippen LogP contribution in [0.15, 0.2) is 26.0 Å². The summed E-state index contributed by atoms with van der Waals surface area (Å²) in [6, 6.07) is 2.37. The van der Waals surface area contributed by atoms with E-state index >= 15 is 0 Å². The van der Waals surface area contributed by atoms with Gasteiger partial charge in [0.25, 0.3) is 0 Å². The number of halogens is 2. The Hall–Kier alpha value is -0.640. The fraction of sp³-hybridized carbons (Fsp3) is 0.300. The van der Waals surface area contributed by atoms with Crippen molar-refractivity contribution in [3.8, 4) is 0 Å². The van der Waals surface area contributed by atoms with E-state index in [4.69, 9.17) is 11.5 Å². The lowest BCUT2D eigenvalue weighted by atomic mass is 10.2. The normalized spacial score (nSPS) is 13.2. The van der Waals surface area contributed by atoms with Gasteiger partial charge in [0.15, 0.2) is 0 Å². The molecule has 1 unspecified atom stereocenters. The number of benzene rings is 1. The van der Waals surface area contributed by atoms with Crippen molar-refractivity contribution in [3.05, 3.63) is 21.1 Å². The van der Waals surface area contributed by atoms with Crippen molar-refractivity contribution in [3.63, 3.8) is 0 Å². The molecule has 6 nitrogen and oxygen atoms in total. The van der Waals surface area contributed by atoms with Gasteiger partial charge in [-0.15, -0.1) is 0 Å². The molecule has 1 atom stereocenters. The first-order valence-corrected chi connectivity index (χ1v) is 8.25. The van der Waals surface area contributed by atoms with Crippen LogP contribution in [0.2, 0.25) is 0 Å². The zero-order valence-corrected chi connectivity index (χ0v) is 14.0. The third-order valence-electron chi connectivity index (χ3n) is 2.15. The van der Waals surface area contributed by atoms with Crippen LogP contribution in [0.25, 0.3) is 0 Å². The van der Waals surface area contributed by atoms with E-state index in [1.54, 1.807) is 6.92 Å². The molecule has 0 aliphatic carbocycles. The second kappa shape index (κ2) is 6.21. The number of hydrogen-bond acceptors (Lipinski definition) is 4. The average molecular weight is 415 g/mol. The molecule has 0 bridgehead atoms. The Bertz CT molecular complexity index is 581. The number of nitrogens with one attached hydrogen (secondary N) is 1. The van der Waals surface area contributed by atoms with Crippen molar-refractivity contribution in [1.82, 2.24) is 4.72 Å². The first-order valence-electron chi connectivity index (χ1n) is 5.18. The van der Waals surface area contributed by atoms with E-state index in [0.29, 0.717) is 14.6 Å². The second-order valence-electron chi connectivity index (χ2n) is 4.01. The summed E-state index contributed by atoms with van der Waals surface area (Å²) in [6.07, 6.45) is -0.0799. The molecule has 5 N–H and O–H groups in total. The minimum atomic E-state index is -3.79. The summed E-state index contributed by atoms with van der Waals surface area (Å²) >= 11 is 6.31. The SMILES string of the molecule is CC(CC(N)=O)NS(=O)(=O)c1c(Br)cc(N)cc1Br. The quantitative estimate of drug-likeness (QED) is 0.630. The molecular weight excluding hydrogens is 402 g/mol. The maximum absolute atomic E-state index is 12.2. The average Bonchev–Trinajstić information content (AvgIpc) is 2.10. The Labute approximate surface area is 128 Å². The zero-order valence-electron chi connectivity index (χ0n) is 9.98. The lowest BCUT2D eigenvalue weighted by Gasteiger charge is -2.15. The smallest absolute Gasteiger partial charge is 0.243 e. The molecule has 0 aliphatic rings. The Balaban J connectivity index is 3.11. The van der Waals surface area contributed by atoms with Gasteiger partial charge in [0, 0.05) is 27.1 Å². The number of rotatable bonds is 5. The van der Waals surface area contributed by atoms with Crippen molar-refractivity contribution in [1.29, 1.82) is 0 Å². The topological polar surface area (TPSA) is 115 Å². The molecule has 0 saturated carbocycles. The second-order valence-corrected chi connectivity index (χ2v) is 7.37. The van der Waals surface area contributed by atoms with E-state index in [1.807, 2.05) is 0 Å². The third kappa shape index (κ3) is 4.44. The Morgan fingerprint density at radius 1 is 1.37 bits per heavy atom. The highest BCUT2D eigenvalue weighted by Crippen LogP contribution is 2.32. The molecule has 0 spiro atoms. The van der Waals surface area contributed by atoms with Gasteiger partial charge in [-0.3, -0.25) is 4.79 Å². The van der Waals surface area contributed by atoms with Gasteiger partial charge in [0.2, 0.25) is 15.9 Å². The minimum Gasteiger partial charge on any atom is -0.399 e. The van der Waals surface area contributed by atoms with Crippen LogP contribution < -0.4 is 16.2 Å². The fourth-order valence-electron chi connectivity index (χ4n) is 1.50. The van der Waals surface area contributed by atoms with E-state index in [9.17, 15) is 13.2 Å². The van der Waals surface area contributed by atoms with Crippen LogP contribution in [0.1, 0.15) is 13.3 Å². The van der Waals surface area contributed by atoms with Crippen molar-refractivity contribution in [2.45, 2.75) is 24.3 Å². The summed E-state index contributed by atoms with van der Waals surface area (Å²) in [5, 5.41) is 0. The molecule has 1 aromatic rings. The predicted octanol–water partition coefficient (Wildman–Crippen LogP) is 1.34. The molecule has 0 aliphatic heterocycles. The number of primary amides is 1. The summed E-state index contributed by atoms with van der Waals surface area (Å²) in [5.74, 6) is -0.578. The molecule has 19 heavy (non-hydrogen) atoms. The van der Waals surface area contributed by atoms with Crippen LogP contribution in [0.3, 0.4) is 0 Å². The first-order chi connectivity index (χ1) is 8.63. The van der Waals surface area contributed by atoms with Crippen LogP contribution in [0.4, 0.5) is 5.69 Å². The van der Waals surface area contributed by atoms with E-state index in [2.05, 4.69) is 36.6 Å². The lowest BCUT2D eigenvalue weighted by Crippen LogP contribution is -2.36. The Kier molecular flexibility index (Phi) is 5.36. The van der Waals surface area contributed by atoms with Gasteiger partial charge in [-0.25, -0.2) is 13.1 Å². The van der Waals surface area contributed by atoms with Crippen LogP contribution >= 0.6 is 31.9 Å². The molecule has 0 saturated heterocycles. The number of amides is 1. The summed E-state index contributed by atoms with van der Waals surface area (Å²) < 4.78 is 27.5. The Morgan fingerprint density at radius 3 is 2.26 bits per heavy atom. The van der Waals surface area contributed by atoms with Crippen LogP contribution in [0.5, 0.6) is 0 Å². The van der Waals surface area contributed by atoms with Gasteiger partial charge in [0.1, 0.15) is 4.90 Å². The number of nitrogens with two attached hydrogens (primary N) is 2. The highest BCUT2D eigenvalue weighted by atomic mass is 79.9. The maximum Gasteiger partial charge on any atom is 0.243 e. The highest BCUT2D eigenvalue weighted by molar-refractivity contribution is 9.11. The van der Waals surface area contributed by atoms with E-state index in [1.165, 1.54) is 12.1 Å². The van der Waals surface area contributed by atoms with Crippen LogP contribution in [-0.4, -0.2) is 20.4 Å². The number of sulfonamides is 1. The molecule has 0 aromatic heterocycles. The van der Waals surface area contributed by atoms with Gasteiger partial charge in [0.05, 0.1) is 0 Å². The first kappa shape index (κ1) is 16.4. The van der Waals surface area contributed by atoms with Gasteiger partial charge >= 0.3 is 0 Å². The lowest BCUT2D eigenvalue weighted by molar-refractivity contribution is -0.118. The largest absolute Gasteiger partial charge is 0.399 e. The highest BCUT2D eigenvalue weighted by Gasteiger charge is 2.24. The third-order valence-corrected chi connectivity index (χ3v) is 5.62. The minimum absolute atomic E-state index is 0.0259. The summed E-state index contributed by atoms with van der Waals surface area (Å²) in [7, 11) is -3.79. The van der Waals surface area contributed by atoms with E-state index < -0.39 is 22.0 Å². The number of hydrogen-bond donors (Lipinski definition) is 3. The number of carbonyl (C=O) groups is 1. The fourth-order valence-corrected chi connectivity index (χ4v) is 5.37. The van der Waals surface area contributed by atoms with Crippen molar-refractivity contribution in [2.24, 2.45) is 5.73 Å². The maximum atomic E-state index is 12.2. The van der Waals surface area contributed by atoms with Gasteiger partial charge in [-0.05, 0) is 50.9 Å². The molecule has 1 aromatic carbocycles. The summed E-state index contributed by atoms with van der Waals surface area (Å²) in [5.41, 5.74) is 11.0. The molecule has 0 radical (unpaired) electrons. The number of anilines is 1. The Morgan fingerprint density at radius 2 is 1.84 bits per heavy atom. The molecule has 1 rings (SSSR count). The standard InChI is InChI=1S/C10H13Br2N3O3S/c1-5(2-9(14)16)15-19(17,18)10-7(11)3-6(13)4-8(10)12/h3-5,15H,2,13H2,1H3,(H2,14,16). The van der Waals surface area contributed by atoms with Crippen molar-refractivity contribution in [2.75, 3.05) is 5.73 Å². The summed E-state index contributed by atoms with van der Waals surface area (Å²) in [6.45, 7) is 1.56. The molecule has 106 valence electrons. The van der Waals surface area contributed by atoms with Crippen molar-refractivity contribution < 1.29 is 13.2 Å². The molecular formula is C10H13Br2N3O3S. The number of carbonyl (C=O) groups excluding carboxylic acids is 1. The van der Waals surface area contributed by atoms with Crippen LogP contribution in [-0.2, 0) is 14.8 Å². The van der Waals surface area contributed by atoms with Crippen LogP contribution in [0, 0.1) is 0 Å². The van der Waals surface area contributed by atoms with Gasteiger partial charge < -0.3 is 11.5 Å². The van der Waals surface area contributed by atoms with Crippen molar-refractivity contribution >= 4 is 53.5 Å². The monoisotopic (exact) mass is 413 g/mol. The predicted molar refractivity (Wildman–Crippen MR) is 79.8 cm³/mol. The molecule has 1 amide bonds. The number of nitrogen functional groups attached to an aromatic ring is 1. The van der Waals surface area contributed by atoms with Gasteiger partial charge in [-0.1, -0.05) is 0 Å². The molecule has 0 fully saturated rings. The van der Waals surface area contributed by atoms with E-state index in [-0.39, 0.29) is 11.3 Å². The van der Waals surface area contributed by atoms with E-state index in [0.717, 1.165) is 0 Å². The zero-order chi connectivity index (χ0) is 14.8. The summed E-state index contributed by atoms with van der Waals surface area (Å²) in [4.78, 5) is 10.8. The molecule has 0 heterocycles. The van der Waals surface area contributed by atoms with Gasteiger partial charge in [-0.2, -0.15) is 0 Å².